The Balaban J connectivity index is 1.34. The average Bonchev–Trinajstić information content (AvgIpc) is 3.34. The summed E-state index contributed by atoms with van der Waals surface area (Å²) in [4.78, 5) is 18.4. The maximum Gasteiger partial charge on any atom is 0.274 e. The van der Waals surface area contributed by atoms with Gasteiger partial charge < -0.3 is 4.74 Å². The van der Waals surface area contributed by atoms with E-state index in [-0.39, 0.29) is 5.56 Å². The van der Waals surface area contributed by atoms with Gasteiger partial charge in [-0.25, -0.2) is 9.38 Å². The molecule has 4 nitrogen and oxygen atoms in total. The summed E-state index contributed by atoms with van der Waals surface area (Å²) in [7, 11) is 0. The summed E-state index contributed by atoms with van der Waals surface area (Å²) in [6, 6.07) is 26.1. The molecule has 0 aliphatic rings. The molecule has 0 atom stereocenters. The van der Waals surface area contributed by atoms with Gasteiger partial charge in [-0.05, 0) is 84.1 Å². The Labute approximate surface area is 215 Å². The van der Waals surface area contributed by atoms with Crippen molar-refractivity contribution in [2.75, 3.05) is 0 Å². The third kappa shape index (κ3) is 3.74. The zero-order valence-corrected chi connectivity index (χ0v) is 21.7. The topological polar surface area (TPSA) is 43.6 Å². The molecule has 0 spiro atoms. The van der Waals surface area contributed by atoms with Crippen molar-refractivity contribution < 1.29 is 4.74 Å². The Bertz CT molecular complexity index is 1800. The number of fused-ring (bicyclic) bond motifs is 4. The quantitative estimate of drug-likeness (QED) is 0.229. The van der Waals surface area contributed by atoms with Gasteiger partial charge >= 0.3 is 0 Å². The average molecular weight is 592 g/mol. The fourth-order valence-electron chi connectivity index (χ4n) is 4.13. The minimum atomic E-state index is -0.0581. The molecule has 0 aliphatic carbocycles. The van der Waals surface area contributed by atoms with Crippen LogP contribution in [0.15, 0.2) is 92.6 Å². The lowest BCUT2D eigenvalue weighted by atomic mass is 10.1. The maximum absolute atomic E-state index is 13.1. The SMILES string of the molecule is O=c1/c(=C\c2cc(Br)c(OCc3cccc4ccccc34)c(Br)c2)sc2nc3ccccc3n12. The molecule has 0 fully saturated rings. The van der Waals surface area contributed by atoms with Gasteiger partial charge in [-0.15, -0.1) is 0 Å². The number of aromatic nitrogens is 2. The van der Waals surface area contributed by atoms with Crippen molar-refractivity contribution in [2.24, 2.45) is 0 Å². The van der Waals surface area contributed by atoms with Crippen molar-refractivity contribution >= 4 is 76.0 Å². The molecular formula is C27H16Br2N2O2S. The Hall–Kier alpha value is -3.00. The fourth-order valence-corrected chi connectivity index (χ4v) is 6.57. The summed E-state index contributed by atoms with van der Waals surface area (Å²) in [5.41, 5.74) is 3.62. The van der Waals surface area contributed by atoms with Crippen LogP contribution in [0.5, 0.6) is 5.75 Å². The molecule has 4 aromatic carbocycles. The highest BCUT2D eigenvalue weighted by molar-refractivity contribution is 9.11. The largest absolute Gasteiger partial charge is 0.487 e. The lowest BCUT2D eigenvalue weighted by Gasteiger charge is -2.13. The number of imidazole rings is 1. The number of ether oxygens (including phenoxy) is 1. The van der Waals surface area contributed by atoms with Gasteiger partial charge in [0.05, 0.1) is 24.5 Å². The third-order valence-electron chi connectivity index (χ3n) is 5.72. The number of halogens is 2. The van der Waals surface area contributed by atoms with Crippen LogP contribution in [0.1, 0.15) is 11.1 Å². The highest BCUT2D eigenvalue weighted by Crippen LogP contribution is 2.36. The van der Waals surface area contributed by atoms with Crippen LogP contribution in [0.2, 0.25) is 0 Å². The Morgan fingerprint density at radius 1 is 0.941 bits per heavy atom. The second-order valence-electron chi connectivity index (χ2n) is 7.87. The van der Waals surface area contributed by atoms with E-state index in [1.165, 1.54) is 22.1 Å². The van der Waals surface area contributed by atoms with E-state index in [1.807, 2.05) is 60.7 Å². The number of rotatable bonds is 4. The van der Waals surface area contributed by atoms with Gasteiger partial charge in [0.25, 0.3) is 5.56 Å². The Morgan fingerprint density at radius 2 is 1.68 bits per heavy atom. The van der Waals surface area contributed by atoms with Gasteiger partial charge in [0.15, 0.2) is 4.96 Å². The van der Waals surface area contributed by atoms with Crippen LogP contribution in [-0.4, -0.2) is 9.38 Å². The van der Waals surface area contributed by atoms with E-state index in [4.69, 9.17) is 4.74 Å². The van der Waals surface area contributed by atoms with Gasteiger partial charge in [-0.1, -0.05) is 65.9 Å². The first-order valence-electron chi connectivity index (χ1n) is 10.6. The molecule has 0 unspecified atom stereocenters. The molecule has 0 saturated heterocycles. The smallest absolute Gasteiger partial charge is 0.274 e. The molecule has 0 saturated carbocycles. The number of benzene rings is 4. The highest BCUT2D eigenvalue weighted by atomic mass is 79.9. The Kier molecular flexibility index (Phi) is 5.48. The van der Waals surface area contributed by atoms with Gasteiger partial charge in [0.1, 0.15) is 12.4 Å². The normalized spacial score (nSPS) is 12.2. The van der Waals surface area contributed by atoms with E-state index in [0.29, 0.717) is 16.1 Å². The van der Waals surface area contributed by atoms with Crippen molar-refractivity contribution in [3.05, 3.63) is 114 Å². The molecule has 6 rings (SSSR count). The third-order valence-corrected chi connectivity index (χ3v) is 7.86. The zero-order valence-electron chi connectivity index (χ0n) is 17.7. The van der Waals surface area contributed by atoms with Crippen molar-refractivity contribution in [2.45, 2.75) is 6.61 Å². The van der Waals surface area contributed by atoms with E-state index in [9.17, 15) is 4.79 Å². The van der Waals surface area contributed by atoms with Gasteiger partial charge in [0.2, 0.25) is 0 Å². The van der Waals surface area contributed by atoms with Gasteiger partial charge in [-0.3, -0.25) is 4.79 Å². The van der Waals surface area contributed by atoms with Crippen LogP contribution < -0.4 is 14.8 Å². The van der Waals surface area contributed by atoms with Crippen LogP contribution in [0.3, 0.4) is 0 Å². The maximum atomic E-state index is 13.1. The molecule has 0 bridgehead atoms. The molecule has 34 heavy (non-hydrogen) atoms. The molecule has 166 valence electrons. The lowest BCUT2D eigenvalue weighted by molar-refractivity contribution is 0.303. The number of thiazole rings is 1. The van der Waals surface area contributed by atoms with Crippen molar-refractivity contribution in [1.29, 1.82) is 0 Å². The number of hydrogen-bond donors (Lipinski definition) is 0. The van der Waals surface area contributed by atoms with E-state index in [2.05, 4.69) is 61.1 Å². The van der Waals surface area contributed by atoms with E-state index >= 15 is 0 Å². The molecule has 0 amide bonds. The van der Waals surface area contributed by atoms with Crippen molar-refractivity contribution in [1.82, 2.24) is 9.38 Å². The first-order valence-corrected chi connectivity index (χ1v) is 13.0. The predicted octanol–water partition coefficient (Wildman–Crippen LogP) is 6.71. The molecular weight excluding hydrogens is 576 g/mol. The lowest BCUT2D eigenvalue weighted by Crippen LogP contribution is -2.22. The van der Waals surface area contributed by atoms with Crippen LogP contribution in [0.25, 0.3) is 32.8 Å². The summed E-state index contributed by atoms with van der Waals surface area (Å²) >= 11 is 8.68. The standard InChI is InChI=1S/C27H16Br2N2O2S/c28-20-12-16(14-24-26(32)31-23-11-4-3-10-22(23)30-27(31)34-24)13-21(29)25(20)33-15-18-8-5-7-17-6-1-2-9-19(17)18/h1-14H,15H2/b24-14+. The van der Waals surface area contributed by atoms with E-state index < -0.39 is 0 Å². The molecule has 7 heteroatoms. The van der Waals surface area contributed by atoms with Crippen LogP contribution in [0, 0.1) is 0 Å². The predicted molar refractivity (Wildman–Crippen MR) is 146 cm³/mol. The number of para-hydroxylation sites is 2. The van der Waals surface area contributed by atoms with E-state index in [0.717, 1.165) is 36.9 Å². The molecule has 0 N–H and O–H groups in total. The molecule has 0 radical (unpaired) electrons. The number of nitrogens with zero attached hydrogens (tertiary/aromatic N) is 2. The van der Waals surface area contributed by atoms with Crippen LogP contribution >= 0.6 is 43.2 Å². The second-order valence-corrected chi connectivity index (χ2v) is 10.6. The van der Waals surface area contributed by atoms with Crippen molar-refractivity contribution in [3.63, 3.8) is 0 Å². The number of hydrogen-bond acceptors (Lipinski definition) is 4. The van der Waals surface area contributed by atoms with Crippen molar-refractivity contribution in [3.8, 4) is 5.75 Å². The van der Waals surface area contributed by atoms with Crippen LogP contribution in [0.4, 0.5) is 0 Å². The first kappa shape index (κ1) is 21.5. The fraction of sp³-hybridized carbons (Fsp3) is 0.0370. The second kappa shape index (κ2) is 8.65. The van der Waals surface area contributed by atoms with Gasteiger partial charge in [-0.2, -0.15) is 0 Å². The zero-order chi connectivity index (χ0) is 23.2. The minimum Gasteiger partial charge on any atom is -0.487 e. The summed E-state index contributed by atoms with van der Waals surface area (Å²) in [6.07, 6.45) is 1.89. The molecule has 0 aliphatic heterocycles. The highest BCUT2D eigenvalue weighted by Gasteiger charge is 2.13. The minimum absolute atomic E-state index is 0.0581. The summed E-state index contributed by atoms with van der Waals surface area (Å²) in [6.45, 7) is 0.446. The van der Waals surface area contributed by atoms with E-state index in [1.54, 1.807) is 4.40 Å². The first-order chi connectivity index (χ1) is 16.6. The summed E-state index contributed by atoms with van der Waals surface area (Å²) in [5, 5.41) is 2.37. The summed E-state index contributed by atoms with van der Waals surface area (Å²) in [5.74, 6) is 0.722. The molecule has 2 aromatic heterocycles. The van der Waals surface area contributed by atoms with Gasteiger partial charge in [0, 0.05) is 0 Å². The summed E-state index contributed by atoms with van der Waals surface area (Å²) < 4.78 is 10.1. The monoisotopic (exact) mass is 590 g/mol. The molecule has 6 aromatic rings. The molecule has 2 heterocycles. The Morgan fingerprint density at radius 3 is 2.53 bits per heavy atom. The van der Waals surface area contributed by atoms with Crippen LogP contribution in [-0.2, 0) is 6.61 Å².